The lowest BCUT2D eigenvalue weighted by Gasteiger charge is -2.34. The Balaban J connectivity index is 2.08. The molecule has 0 fully saturated rings. The average Bonchev–Trinajstić information content (AvgIpc) is 2.38. The summed E-state index contributed by atoms with van der Waals surface area (Å²) in [6.45, 7) is 0.908. The molecule has 0 spiro atoms. The summed E-state index contributed by atoms with van der Waals surface area (Å²) in [5.74, 6) is 0.0276. The lowest BCUT2D eigenvalue weighted by molar-refractivity contribution is 0.465. The maximum absolute atomic E-state index is 14.2. The van der Waals surface area contributed by atoms with E-state index in [0.717, 1.165) is 36.1 Å². The van der Waals surface area contributed by atoms with Gasteiger partial charge < -0.3 is 10.4 Å². The van der Waals surface area contributed by atoms with Crippen molar-refractivity contribution in [1.29, 1.82) is 0 Å². The number of hydrogen-bond acceptors (Lipinski definition) is 2. The van der Waals surface area contributed by atoms with Crippen molar-refractivity contribution in [2.75, 3.05) is 6.54 Å². The Hall–Kier alpha value is -1.87. The van der Waals surface area contributed by atoms with Crippen LogP contribution in [0.3, 0.4) is 0 Å². The lowest BCUT2D eigenvalue weighted by atomic mass is 9.78. The Labute approximate surface area is 110 Å². The fraction of sp³-hybridized carbons (Fsp3) is 0.250. The van der Waals surface area contributed by atoms with Gasteiger partial charge in [-0.25, -0.2) is 4.39 Å². The molecular weight excluding hydrogens is 241 g/mol. The summed E-state index contributed by atoms with van der Waals surface area (Å²) in [6, 6.07) is 8.98. The van der Waals surface area contributed by atoms with Crippen LogP contribution in [-0.4, -0.2) is 11.7 Å². The molecule has 19 heavy (non-hydrogen) atoms. The van der Waals surface area contributed by atoms with E-state index in [-0.39, 0.29) is 17.6 Å². The molecule has 4 rings (SSSR count). The third kappa shape index (κ3) is 1.51. The van der Waals surface area contributed by atoms with Gasteiger partial charge in [0.2, 0.25) is 0 Å². The van der Waals surface area contributed by atoms with Gasteiger partial charge in [-0.1, -0.05) is 12.1 Å². The first kappa shape index (κ1) is 11.0. The number of phenols is 1. The zero-order chi connectivity index (χ0) is 13.0. The Morgan fingerprint density at radius 2 is 2.11 bits per heavy atom. The van der Waals surface area contributed by atoms with Gasteiger partial charge in [0.05, 0.1) is 0 Å². The van der Waals surface area contributed by atoms with Crippen molar-refractivity contribution < 1.29 is 9.50 Å². The Morgan fingerprint density at radius 3 is 3.00 bits per heavy atom. The summed E-state index contributed by atoms with van der Waals surface area (Å²) in [5.41, 5.74) is 4.85. The molecule has 0 radical (unpaired) electrons. The third-order valence-corrected chi connectivity index (χ3v) is 4.18. The van der Waals surface area contributed by atoms with E-state index in [1.54, 1.807) is 12.1 Å². The molecule has 96 valence electrons. The van der Waals surface area contributed by atoms with E-state index in [9.17, 15) is 9.50 Å². The predicted molar refractivity (Wildman–Crippen MR) is 71.7 cm³/mol. The predicted octanol–water partition coefficient (Wildman–Crippen LogP) is 2.94. The summed E-state index contributed by atoms with van der Waals surface area (Å²) >= 11 is 0. The van der Waals surface area contributed by atoms with Gasteiger partial charge in [0, 0.05) is 11.6 Å². The maximum atomic E-state index is 14.2. The lowest BCUT2D eigenvalue weighted by Crippen LogP contribution is -2.33. The second-order valence-electron chi connectivity index (χ2n) is 5.30. The molecule has 2 N–H and O–H groups in total. The zero-order valence-electron chi connectivity index (χ0n) is 10.4. The largest absolute Gasteiger partial charge is 0.508 e. The molecule has 2 aromatic rings. The maximum Gasteiger partial charge on any atom is 0.131 e. The molecule has 1 aliphatic carbocycles. The highest BCUT2D eigenvalue weighted by Crippen LogP contribution is 2.44. The van der Waals surface area contributed by atoms with Crippen molar-refractivity contribution >= 4 is 0 Å². The molecule has 1 unspecified atom stereocenters. The number of rotatable bonds is 0. The van der Waals surface area contributed by atoms with Crippen LogP contribution in [0, 0.1) is 5.82 Å². The Bertz CT molecular complexity index is 681. The van der Waals surface area contributed by atoms with E-state index in [1.165, 1.54) is 11.6 Å². The van der Waals surface area contributed by atoms with Crippen LogP contribution >= 0.6 is 0 Å². The topological polar surface area (TPSA) is 32.3 Å². The van der Waals surface area contributed by atoms with Crippen molar-refractivity contribution in [3.05, 3.63) is 52.8 Å². The highest BCUT2D eigenvalue weighted by atomic mass is 19.1. The summed E-state index contributed by atoms with van der Waals surface area (Å²) in [4.78, 5) is 0. The Morgan fingerprint density at radius 1 is 1.21 bits per heavy atom. The summed E-state index contributed by atoms with van der Waals surface area (Å²) in [6.07, 6.45) is 1.70. The monoisotopic (exact) mass is 255 g/mol. The molecule has 1 heterocycles. The fourth-order valence-electron chi connectivity index (χ4n) is 3.44. The van der Waals surface area contributed by atoms with Crippen molar-refractivity contribution in [2.45, 2.75) is 18.9 Å². The zero-order valence-corrected chi connectivity index (χ0v) is 10.4. The van der Waals surface area contributed by atoms with Gasteiger partial charge >= 0.3 is 0 Å². The minimum atomic E-state index is -0.200. The number of nitrogens with one attached hydrogen (secondary N) is 1. The molecule has 0 amide bonds. The SMILES string of the molecule is Oc1cc2c3c(c1)-c1c(F)cccc1CC3NCC2. The van der Waals surface area contributed by atoms with E-state index in [0.29, 0.717) is 5.56 Å². The minimum absolute atomic E-state index is 0.200. The number of hydrogen-bond donors (Lipinski definition) is 2. The average molecular weight is 255 g/mol. The highest BCUT2D eigenvalue weighted by Gasteiger charge is 2.31. The molecule has 1 atom stereocenters. The van der Waals surface area contributed by atoms with Gasteiger partial charge in [-0.05, 0) is 59.8 Å². The summed E-state index contributed by atoms with van der Waals surface area (Å²) < 4.78 is 14.2. The first-order valence-electron chi connectivity index (χ1n) is 6.61. The van der Waals surface area contributed by atoms with Crippen LogP contribution in [0.2, 0.25) is 0 Å². The second kappa shape index (κ2) is 3.81. The molecule has 3 heteroatoms. The van der Waals surface area contributed by atoms with Crippen LogP contribution in [0.1, 0.15) is 22.7 Å². The Kier molecular flexibility index (Phi) is 2.21. The second-order valence-corrected chi connectivity index (χ2v) is 5.30. The number of benzene rings is 2. The fourth-order valence-corrected chi connectivity index (χ4v) is 3.44. The van der Waals surface area contributed by atoms with Gasteiger partial charge in [-0.15, -0.1) is 0 Å². The first-order valence-corrected chi connectivity index (χ1v) is 6.61. The molecule has 1 aliphatic heterocycles. The van der Waals surface area contributed by atoms with E-state index >= 15 is 0 Å². The summed E-state index contributed by atoms with van der Waals surface area (Å²) in [7, 11) is 0. The molecule has 0 bridgehead atoms. The molecule has 2 aliphatic rings. The number of aromatic hydroxyl groups is 1. The summed E-state index contributed by atoms with van der Waals surface area (Å²) in [5, 5.41) is 13.4. The van der Waals surface area contributed by atoms with Crippen LogP contribution in [0.4, 0.5) is 4.39 Å². The molecular formula is C16H14FNO. The van der Waals surface area contributed by atoms with Crippen LogP contribution < -0.4 is 5.32 Å². The quantitative estimate of drug-likeness (QED) is 0.758. The van der Waals surface area contributed by atoms with E-state index in [1.807, 2.05) is 12.1 Å². The van der Waals surface area contributed by atoms with Crippen molar-refractivity contribution in [3.63, 3.8) is 0 Å². The van der Waals surface area contributed by atoms with Crippen molar-refractivity contribution in [2.24, 2.45) is 0 Å². The normalized spacial score (nSPS) is 19.7. The minimum Gasteiger partial charge on any atom is -0.508 e. The van der Waals surface area contributed by atoms with Gasteiger partial charge in [-0.2, -0.15) is 0 Å². The van der Waals surface area contributed by atoms with E-state index in [4.69, 9.17) is 0 Å². The van der Waals surface area contributed by atoms with Crippen LogP contribution in [0.25, 0.3) is 11.1 Å². The van der Waals surface area contributed by atoms with Crippen molar-refractivity contribution in [1.82, 2.24) is 5.32 Å². The van der Waals surface area contributed by atoms with Gasteiger partial charge in [0.1, 0.15) is 11.6 Å². The first-order chi connectivity index (χ1) is 9.24. The molecule has 2 nitrogen and oxygen atoms in total. The number of phenolic OH excluding ortho intramolecular Hbond substituents is 1. The molecule has 0 saturated heterocycles. The van der Waals surface area contributed by atoms with Crippen LogP contribution in [-0.2, 0) is 12.8 Å². The van der Waals surface area contributed by atoms with E-state index in [2.05, 4.69) is 5.32 Å². The van der Waals surface area contributed by atoms with Crippen LogP contribution in [0.5, 0.6) is 5.75 Å². The van der Waals surface area contributed by atoms with Crippen molar-refractivity contribution in [3.8, 4) is 16.9 Å². The standard InChI is InChI=1S/C16H14FNO/c17-13-3-1-2-9-7-14-16-10(4-5-18-14)6-11(19)8-12(16)15(9)13/h1-3,6,8,14,18-19H,4-5,7H2. The third-order valence-electron chi connectivity index (χ3n) is 4.18. The highest BCUT2D eigenvalue weighted by molar-refractivity contribution is 5.77. The van der Waals surface area contributed by atoms with Gasteiger partial charge in [0.25, 0.3) is 0 Å². The van der Waals surface area contributed by atoms with Gasteiger partial charge in [-0.3, -0.25) is 0 Å². The molecule has 2 aromatic carbocycles. The van der Waals surface area contributed by atoms with Crippen LogP contribution in [0.15, 0.2) is 30.3 Å². The van der Waals surface area contributed by atoms with Gasteiger partial charge in [0.15, 0.2) is 0 Å². The van der Waals surface area contributed by atoms with E-state index < -0.39 is 0 Å². The molecule has 0 saturated carbocycles. The number of fused-ring (bicyclic) bond motifs is 2. The smallest absolute Gasteiger partial charge is 0.131 e. The molecule has 0 aromatic heterocycles. The number of halogens is 1.